The fourth-order valence-corrected chi connectivity index (χ4v) is 2.75. The summed E-state index contributed by atoms with van der Waals surface area (Å²) in [4.78, 5) is 12.6. The van der Waals surface area contributed by atoms with Crippen LogP contribution in [0.1, 0.15) is 16.8 Å². The predicted octanol–water partition coefficient (Wildman–Crippen LogP) is 4.31. The van der Waals surface area contributed by atoms with Crippen LogP contribution in [0.5, 0.6) is 5.75 Å². The molecule has 0 saturated heterocycles. The second-order valence-corrected chi connectivity index (χ2v) is 5.86. The zero-order valence-corrected chi connectivity index (χ0v) is 13.8. The molecule has 0 saturated carbocycles. The molecule has 0 aliphatic carbocycles. The van der Waals surface area contributed by atoms with Gasteiger partial charge in [0.2, 0.25) is 0 Å². The van der Waals surface area contributed by atoms with E-state index in [0.29, 0.717) is 22.4 Å². The first-order valence-corrected chi connectivity index (χ1v) is 7.64. The van der Waals surface area contributed by atoms with Gasteiger partial charge >= 0.3 is 6.36 Å². The number of ether oxygens (including phenoxy) is 1. The lowest BCUT2D eigenvalue weighted by molar-refractivity contribution is -0.274. The molecule has 1 aromatic heterocycles. The highest BCUT2D eigenvalue weighted by Crippen LogP contribution is 2.24. The molecule has 3 rings (SSSR count). The summed E-state index contributed by atoms with van der Waals surface area (Å²) in [5.74, 6) is -2.86. The number of benzene rings is 2. The number of fused-ring (bicyclic) bond motifs is 1. The quantitative estimate of drug-likeness (QED) is 0.540. The molecule has 2 aromatic carbocycles. The van der Waals surface area contributed by atoms with E-state index in [9.17, 15) is 32.0 Å². The maximum absolute atomic E-state index is 13.5. The summed E-state index contributed by atoms with van der Waals surface area (Å²) >= 11 is 0. The smallest absolute Gasteiger partial charge is 0.428 e. The van der Waals surface area contributed by atoms with Crippen LogP contribution >= 0.6 is 0 Å². The Kier molecular flexibility index (Phi) is 4.54. The highest BCUT2D eigenvalue weighted by Gasteiger charge is 2.31. The van der Waals surface area contributed by atoms with Gasteiger partial charge in [-0.15, -0.1) is 13.2 Å². The number of aromatic nitrogens is 1. The maximum Gasteiger partial charge on any atom is 0.573 e. The minimum atomic E-state index is -4.82. The number of pyridine rings is 1. The molecular weight excluding hydrogens is 373 g/mol. The van der Waals surface area contributed by atoms with Crippen molar-refractivity contribution < 1.29 is 31.9 Å². The van der Waals surface area contributed by atoms with E-state index in [1.165, 1.54) is 19.1 Å². The number of hydrogen-bond donors (Lipinski definition) is 1. The first kappa shape index (κ1) is 18.7. The van der Waals surface area contributed by atoms with Crippen LogP contribution in [0.2, 0.25) is 0 Å². The van der Waals surface area contributed by atoms with E-state index in [4.69, 9.17) is 0 Å². The van der Waals surface area contributed by atoms with Crippen molar-refractivity contribution in [2.24, 2.45) is 0 Å². The Morgan fingerprint density at radius 3 is 2.26 bits per heavy atom. The van der Waals surface area contributed by atoms with Gasteiger partial charge in [-0.05, 0) is 30.7 Å². The lowest BCUT2D eigenvalue weighted by Gasteiger charge is -2.13. The molecule has 0 radical (unpaired) electrons. The molecule has 1 heterocycles. The average molecular weight is 385 g/mol. The fraction of sp³-hybridized carbons (Fsp3) is 0.167. The molecule has 0 atom stereocenters. The SMILES string of the molecule is Cc1c(Cc2ccc(OC(F)(F)F)cc2)c(=O)c2cc(F)c(F)cc2n1O. The summed E-state index contributed by atoms with van der Waals surface area (Å²) in [7, 11) is 0. The van der Waals surface area contributed by atoms with Crippen LogP contribution in [0, 0.1) is 18.6 Å². The molecule has 27 heavy (non-hydrogen) atoms. The zero-order valence-electron chi connectivity index (χ0n) is 13.8. The number of nitrogens with zero attached hydrogens (tertiary/aromatic N) is 1. The van der Waals surface area contributed by atoms with Crippen LogP contribution in [-0.2, 0) is 6.42 Å². The summed E-state index contributed by atoms with van der Waals surface area (Å²) in [6.07, 6.45) is -4.85. The third-order valence-corrected chi connectivity index (χ3v) is 4.08. The van der Waals surface area contributed by atoms with Gasteiger partial charge < -0.3 is 9.94 Å². The highest BCUT2D eigenvalue weighted by molar-refractivity contribution is 5.80. The minimum Gasteiger partial charge on any atom is -0.428 e. The molecule has 1 N–H and O–H groups in total. The van der Waals surface area contributed by atoms with Gasteiger partial charge in [-0.2, -0.15) is 4.73 Å². The molecule has 0 aliphatic rings. The normalized spacial score (nSPS) is 11.8. The Morgan fingerprint density at radius 1 is 1.07 bits per heavy atom. The van der Waals surface area contributed by atoms with Crippen LogP contribution in [0.4, 0.5) is 22.0 Å². The van der Waals surface area contributed by atoms with Gasteiger partial charge in [0.1, 0.15) is 5.75 Å². The number of alkyl halides is 3. The molecule has 0 fully saturated rings. The molecule has 0 aliphatic heterocycles. The molecule has 4 nitrogen and oxygen atoms in total. The lowest BCUT2D eigenvalue weighted by Crippen LogP contribution is -2.19. The number of halogens is 5. The standard InChI is InChI=1S/C18H12F5NO3/c1-9-12(6-10-2-4-11(5-3-10)27-18(21,22)23)17(25)13-7-14(19)15(20)8-16(13)24(9)26/h2-5,7-8,26H,6H2,1H3. The largest absolute Gasteiger partial charge is 0.573 e. The molecule has 3 aromatic rings. The van der Waals surface area contributed by atoms with Gasteiger partial charge in [0, 0.05) is 18.1 Å². The molecule has 0 amide bonds. The Morgan fingerprint density at radius 2 is 1.67 bits per heavy atom. The minimum absolute atomic E-state index is 0.0353. The molecule has 0 unspecified atom stereocenters. The van der Waals surface area contributed by atoms with Gasteiger partial charge in [0.05, 0.1) is 16.6 Å². The third kappa shape index (κ3) is 3.71. The molecule has 9 heteroatoms. The Balaban J connectivity index is 2.02. The van der Waals surface area contributed by atoms with Crippen molar-refractivity contribution in [3.63, 3.8) is 0 Å². The van der Waals surface area contributed by atoms with E-state index in [1.54, 1.807) is 0 Å². The summed E-state index contributed by atoms with van der Waals surface area (Å²) in [6, 6.07) is 6.25. The van der Waals surface area contributed by atoms with E-state index in [1.807, 2.05) is 0 Å². The topological polar surface area (TPSA) is 51.5 Å². The van der Waals surface area contributed by atoms with Crippen LogP contribution < -0.4 is 10.2 Å². The van der Waals surface area contributed by atoms with Crippen molar-refractivity contribution in [1.82, 2.24) is 4.73 Å². The van der Waals surface area contributed by atoms with Crippen LogP contribution in [0.15, 0.2) is 41.2 Å². The van der Waals surface area contributed by atoms with Crippen molar-refractivity contribution >= 4 is 10.9 Å². The Bertz CT molecular complexity index is 1070. The van der Waals surface area contributed by atoms with Crippen LogP contribution in [0.3, 0.4) is 0 Å². The van der Waals surface area contributed by atoms with Gasteiger partial charge in [-0.3, -0.25) is 4.79 Å². The van der Waals surface area contributed by atoms with Gasteiger partial charge in [-0.1, -0.05) is 12.1 Å². The predicted molar refractivity (Wildman–Crippen MR) is 86.0 cm³/mol. The monoisotopic (exact) mass is 385 g/mol. The maximum atomic E-state index is 13.5. The summed E-state index contributed by atoms with van der Waals surface area (Å²) in [5.41, 5.74) is -0.127. The van der Waals surface area contributed by atoms with Gasteiger partial charge in [0.25, 0.3) is 0 Å². The first-order valence-electron chi connectivity index (χ1n) is 7.64. The van der Waals surface area contributed by atoms with Crippen LogP contribution in [0.25, 0.3) is 10.9 Å². The lowest BCUT2D eigenvalue weighted by atomic mass is 10.0. The first-order chi connectivity index (χ1) is 12.6. The van der Waals surface area contributed by atoms with E-state index in [-0.39, 0.29) is 28.6 Å². The van der Waals surface area contributed by atoms with Crippen LogP contribution in [-0.4, -0.2) is 16.3 Å². The van der Waals surface area contributed by atoms with Crippen molar-refractivity contribution in [3.8, 4) is 5.75 Å². The second kappa shape index (κ2) is 6.57. The van der Waals surface area contributed by atoms with E-state index in [2.05, 4.69) is 4.74 Å². The highest BCUT2D eigenvalue weighted by atomic mass is 19.4. The second-order valence-electron chi connectivity index (χ2n) is 5.86. The van der Waals surface area contributed by atoms with Gasteiger partial charge in [0.15, 0.2) is 17.1 Å². The molecule has 0 spiro atoms. The van der Waals surface area contributed by atoms with Crippen molar-refractivity contribution in [2.45, 2.75) is 19.7 Å². The Labute approximate surface area is 149 Å². The van der Waals surface area contributed by atoms with E-state index >= 15 is 0 Å². The average Bonchev–Trinajstić information content (AvgIpc) is 2.59. The Hall–Kier alpha value is -3.10. The summed E-state index contributed by atoms with van der Waals surface area (Å²) < 4.78 is 67.8. The third-order valence-electron chi connectivity index (χ3n) is 4.08. The van der Waals surface area contributed by atoms with E-state index in [0.717, 1.165) is 12.1 Å². The number of hydrogen-bond acceptors (Lipinski definition) is 3. The number of rotatable bonds is 3. The summed E-state index contributed by atoms with van der Waals surface area (Å²) in [5, 5.41) is 9.96. The fourth-order valence-electron chi connectivity index (χ4n) is 2.75. The zero-order chi connectivity index (χ0) is 19.9. The summed E-state index contributed by atoms with van der Waals surface area (Å²) in [6.45, 7) is 1.42. The van der Waals surface area contributed by atoms with Crippen molar-refractivity contribution in [1.29, 1.82) is 0 Å². The molecule has 142 valence electrons. The van der Waals surface area contributed by atoms with Crippen molar-refractivity contribution in [3.05, 3.63) is 75.1 Å². The van der Waals surface area contributed by atoms with Gasteiger partial charge in [-0.25, -0.2) is 8.78 Å². The molecular formula is C18H12F5NO3. The molecule has 0 bridgehead atoms. The van der Waals surface area contributed by atoms with E-state index < -0.39 is 29.2 Å². The van der Waals surface area contributed by atoms with Crippen molar-refractivity contribution in [2.75, 3.05) is 0 Å².